The molecule has 25 heavy (non-hydrogen) atoms. The topological polar surface area (TPSA) is 46.6 Å². The van der Waals surface area contributed by atoms with Gasteiger partial charge in [0.2, 0.25) is 0 Å². The number of hydrogen-bond acceptors (Lipinski definition) is 4. The molecule has 0 saturated carbocycles. The molecular weight excluding hydrogens is 334 g/mol. The van der Waals surface area contributed by atoms with Gasteiger partial charge < -0.3 is 4.74 Å². The van der Waals surface area contributed by atoms with Crippen molar-refractivity contribution < 1.29 is 13.2 Å². The zero-order valence-corrected chi connectivity index (χ0v) is 15.4. The summed E-state index contributed by atoms with van der Waals surface area (Å²) in [5.74, 6) is 1.04. The number of sulfone groups is 1. The Bertz CT molecular complexity index is 772. The number of nitrogens with zero attached hydrogens (tertiary/aromatic N) is 1. The number of rotatable bonds is 7. The minimum Gasteiger partial charge on any atom is -0.497 e. The van der Waals surface area contributed by atoms with Crippen molar-refractivity contribution in [2.45, 2.75) is 30.2 Å². The van der Waals surface area contributed by atoms with Crippen LogP contribution < -0.4 is 4.74 Å². The summed E-state index contributed by atoms with van der Waals surface area (Å²) >= 11 is 0. The minimum absolute atomic E-state index is 0.177. The normalized spacial score (nSPS) is 18.4. The highest BCUT2D eigenvalue weighted by Crippen LogP contribution is 2.23. The fourth-order valence-corrected chi connectivity index (χ4v) is 4.72. The molecule has 1 fully saturated rings. The first-order valence-electron chi connectivity index (χ1n) is 8.73. The van der Waals surface area contributed by atoms with Crippen LogP contribution in [0.1, 0.15) is 18.4 Å². The molecule has 0 N–H and O–H groups in total. The highest BCUT2D eigenvalue weighted by Gasteiger charge is 2.26. The average molecular weight is 359 g/mol. The summed E-state index contributed by atoms with van der Waals surface area (Å²) in [5, 5.41) is 0. The van der Waals surface area contributed by atoms with Crippen LogP contribution in [0.4, 0.5) is 0 Å². The van der Waals surface area contributed by atoms with Crippen molar-refractivity contribution in [3.63, 3.8) is 0 Å². The van der Waals surface area contributed by atoms with Crippen LogP contribution in [0, 0.1) is 0 Å². The van der Waals surface area contributed by atoms with Crippen molar-refractivity contribution in [2.75, 3.05) is 26.0 Å². The third kappa shape index (κ3) is 4.61. The van der Waals surface area contributed by atoms with Crippen molar-refractivity contribution in [3.05, 3.63) is 60.2 Å². The lowest BCUT2D eigenvalue weighted by Crippen LogP contribution is -2.35. The largest absolute Gasteiger partial charge is 0.497 e. The van der Waals surface area contributed by atoms with Gasteiger partial charge in [-0.05, 0) is 55.6 Å². The van der Waals surface area contributed by atoms with E-state index in [9.17, 15) is 8.42 Å². The second-order valence-corrected chi connectivity index (χ2v) is 8.63. The van der Waals surface area contributed by atoms with Gasteiger partial charge in [-0.25, -0.2) is 8.42 Å². The van der Waals surface area contributed by atoms with Crippen LogP contribution >= 0.6 is 0 Å². The first kappa shape index (κ1) is 18.0. The zero-order chi connectivity index (χ0) is 17.7. The SMILES string of the molecule is COc1ccc(C[C@@H]2CCCN2CCS(=O)(=O)c2ccccc2)cc1. The van der Waals surface area contributed by atoms with Gasteiger partial charge >= 0.3 is 0 Å². The molecule has 5 heteroatoms. The Morgan fingerprint density at radius 3 is 2.48 bits per heavy atom. The van der Waals surface area contributed by atoms with E-state index in [1.807, 2.05) is 18.2 Å². The van der Waals surface area contributed by atoms with Crippen molar-refractivity contribution in [2.24, 2.45) is 0 Å². The molecule has 0 radical (unpaired) electrons. The standard InChI is InChI=1S/C20H25NO3S/c1-24-19-11-9-17(10-12-19)16-18-6-5-13-21(18)14-15-25(22,23)20-7-3-2-4-8-20/h2-4,7-12,18H,5-6,13-16H2,1H3/t18-/m0/s1. The van der Waals surface area contributed by atoms with Crippen molar-refractivity contribution in [3.8, 4) is 5.75 Å². The average Bonchev–Trinajstić information content (AvgIpc) is 3.08. The monoisotopic (exact) mass is 359 g/mol. The van der Waals surface area contributed by atoms with Crippen LogP contribution in [-0.2, 0) is 16.3 Å². The molecule has 1 heterocycles. The summed E-state index contributed by atoms with van der Waals surface area (Å²) in [7, 11) is -1.54. The molecule has 1 saturated heterocycles. The molecule has 0 unspecified atom stereocenters. The number of ether oxygens (including phenoxy) is 1. The van der Waals surface area contributed by atoms with E-state index in [0.717, 1.165) is 31.6 Å². The predicted molar refractivity (Wildman–Crippen MR) is 99.8 cm³/mol. The van der Waals surface area contributed by atoms with Gasteiger partial charge in [-0.1, -0.05) is 30.3 Å². The van der Waals surface area contributed by atoms with E-state index in [2.05, 4.69) is 17.0 Å². The quantitative estimate of drug-likeness (QED) is 0.762. The molecule has 0 aliphatic carbocycles. The van der Waals surface area contributed by atoms with Gasteiger partial charge in [0, 0.05) is 12.6 Å². The molecule has 1 aliphatic rings. The van der Waals surface area contributed by atoms with Gasteiger partial charge in [0.05, 0.1) is 17.8 Å². The van der Waals surface area contributed by atoms with Crippen LogP contribution in [0.3, 0.4) is 0 Å². The maximum atomic E-state index is 12.5. The van der Waals surface area contributed by atoms with Crippen LogP contribution in [0.25, 0.3) is 0 Å². The van der Waals surface area contributed by atoms with Crippen LogP contribution in [0.2, 0.25) is 0 Å². The third-order valence-electron chi connectivity index (χ3n) is 4.88. The molecule has 2 aromatic rings. The van der Waals surface area contributed by atoms with Crippen LogP contribution in [0.15, 0.2) is 59.5 Å². The predicted octanol–water partition coefficient (Wildman–Crippen LogP) is 3.18. The fourth-order valence-electron chi connectivity index (χ4n) is 3.44. The lowest BCUT2D eigenvalue weighted by Gasteiger charge is -2.24. The van der Waals surface area contributed by atoms with E-state index in [1.54, 1.807) is 31.4 Å². The highest BCUT2D eigenvalue weighted by molar-refractivity contribution is 7.91. The fraction of sp³-hybridized carbons (Fsp3) is 0.400. The summed E-state index contributed by atoms with van der Waals surface area (Å²) < 4.78 is 30.2. The van der Waals surface area contributed by atoms with Crippen molar-refractivity contribution >= 4 is 9.84 Å². The summed E-state index contributed by atoms with van der Waals surface area (Å²) in [6.07, 6.45) is 3.21. The molecule has 0 aromatic heterocycles. The molecule has 0 amide bonds. The summed E-state index contributed by atoms with van der Waals surface area (Å²) in [4.78, 5) is 2.74. The first-order chi connectivity index (χ1) is 12.1. The maximum absolute atomic E-state index is 12.5. The lowest BCUT2D eigenvalue weighted by molar-refractivity contribution is 0.267. The number of benzene rings is 2. The highest BCUT2D eigenvalue weighted by atomic mass is 32.2. The maximum Gasteiger partial charge on any atom is 0.179 e. The van der Waals surface area contributed by atoms with E-state index in [4.69, 9.17) is 4.74 Å². The van der Waals surface area contributed by atoms with Gasteiger partial charge in [0.15, 0.2) is 9.84 Å². The smallest absolute Gasteiger partial charge is 0.179 e. The van der Waals surface area contributed by atoms with Crippen molar-refractivity contribution in [1.29, 1.82) is 0 Å². The Kier molecular flexibility index (Phi) is 5.76. The summed E-state index contributed by atoms with van der Waals surface area (Å²) in [6.45, 7) is 1.57. The second kappa shape index (κ2) is 8.02. The summed E-state index contributed by atoms with van der Waals surface area (Å²) in [5.41, 5.74) is 1.27. The molecule has 4 nitrogen and oxygen atoms in total. The zero-order valence-electron chi connectivity index (χ0n) is 14.6. The van der Waals surface area contributed by atoms with Crippen molar-refractivity contribution in [1.82, 2.24) is 4.90 Å². The van der Waals surface area contributed by atoms with Gasteiger partial charge in [-0.3, -0.25) is 4.90 Å². The molecule has 0 bridgehead atoms. The Morgan fingerprint density at radius 2 is 1.80 bits per heavy atom. The van der Waals surface area contributed by atoms with E-state index >= 15 is 0 Å². The van der Waals surface area contributed by atoms with E-state index < -0.39 is 9.84 Å². The molecule has 1 aliphatic heterocycles. The number of methoxy groups -OCH3 is 1. The number of hydrogen-bond donors (Lipinski definition) is 0. The van der Waals surface area contributed by atoms with Gasteiger partial charge in [-0.2, -0.15) is 0 Å². The number of likely N-dealkylation sites (tertiary alicyclic amines) is 1. The van der Waals surface area contributed by atoms with Gasteiger partial charge in [-0.15, -0.1) is 0 Å². The van der Waals surface area contributed by atoms with E-state index in [1.165, 1.54) is 5.56 Å². The lowest BCUT2D eigenvalue weighted by atomic mass is 10.0. The van der Waals surface area contributed by atoms with E-state index in [-0.39, 0.29) is 5.75 Å². The molecule has 3 rings (SSSR count). The molecule has 1 atom stereocenters. The second-order valence-electron chi connectivity index (χ2n) is 6.52. The Hall–Kier alpha value is -1.85. The van der Waals surface area contributed by atoms with Gasteiger partial charge in [0.1, 0.15) is 5.75 Å². The third-order valence-corrected chi connectivity index (χ3v) is 6.59. The summed E-state index contributed by atoms with van der Waals surface area (Å²) in [6, 6.07) is 17.3. The minimum atomic E-state index is -3.21. The van der Waals surface area contributed by atoms with Crippen LogP contribution in [-0.4, -0.2) is 45.3 Å². The molecular formula is C20H25NO3S. The first-order valence-corrected chi connectivity index (χ1v) is 10.4. The van der Waals surface area contributed by atoms with E-state index in [0.29, 0.717) is 17.5 Å². The molecule has 2 aromatic carbocycles. The van der Waals surface area contributed by atoms with Crippen LogP contribution in [0.5, 0.6) is 5.75 Å². The Balaban J connectivity index is 1.60. The Morgan fingerprint density at radius 1 is 1.08 bits per heavy atom. The molecule has 134 valence electrons. The molecule has 0 spiro atoms. The van der Waals surface area contributed by atoms with Gasteiger partial charge in [0.25, 0.3) is 0 Å². The Labute approximate surface area is 150 Å².